The summed E-state index contributed by atoms with van der Waals surface area (Å²) >= 11 is 3.41. The molecule has 0 aliphatic heterocycles. The van der Waals surface area contributed by atoms with E-state index in [-0.39, 0.29) is 5.41 Å². The van der Waals surface area contributed by atoms with E-state index in [1.807, 2.05) is 6.20 Å². The highest BCUT2D eigenvalue weighted by Crippen LogP contribution is 2.26. The molecule has 0 atom stereocenters. The van der Waals surface area contributed by atoms with Crippen LogP contribution in [0.15, 0.2) is 10.7 Å². The molecule has 0 saturated heterocycles. The topological polar surface area (TPSA) is 28.7 Å². The number of hydrogen-bond donors (Lipinski definition) is 1. The highest BCUT2D eigenvalue weighted by molar-refractivity contribution is 9.10. The van der Waals surface area contributed by atoms with Gasteiger partial charge in [0.25, 0.3) is 0 Å². The summed E-state index contributed by atoms with van der Waals surface area (Å²) in [6.45, 7) is 6.40. The molecule has 0 amide bonds. The van der Waals surface area contributed by atoms with E-state index < -0.39 is 0 Å². The minimum absolute atomic E-state index is 0.124. The molecule has 1 heterocycles. The van der Waals surface area contributed by atoms with Crippen LogP contribution in [-0.4, -0.2) is 10.2 Å². The van der Waals surface area contributed by atoms with Gasteiger partial charge in [-0.1, -0.05) is 20.8 Å². The molecule has 1 rings (SSSR count). The predicted molar refractivity (Wildman–Crippen MR) is 45.0 cm³/mol. The Kier molecular flexibility index (Phi) is 1.86. The van der Waals surface area contributed by atoms with E-state index in [1.165, 1.54) is 0 Å². The summed E-state index contributed by atoms with van der Waals surface area (Å²) in [6, 6.07) is 0. The Bertz CT molecular complexity index is 222. The van der Waals surface area contributed by atoms with Gasteiger partial charge >= 0.3 is 0 Å². The summed E-state index contributed by atoms with van der Waals surface area (Å²) in [5, 5.41) is 6.92. The first-order chi connectivity index (χ1) is 4.52. The van der Waals surface area contributed by atoms with Gasteiger partial charge in [0.1, 0.15) is 0 Å². The first-order valence-corrected chi connectivity index (χ1v) is 4.01. The van der Waals surface area contributed by atoms with Crippen LogP contribution in [0.4, 0.5) is 0 Å². The summed E-state index contributed by atoms with van der Waals surface area (Å²) in [6.07, 6.45) is 1.85. The molecule has 0 aliphatic rings. The van der Waals surface area contributed by atoms with Crippen molar-refractivity contribution in [3.63, 3.8) is 0 Å². The molecule has 1 N–H and O–H groups in total. The van der Waals surface area contributed by atoms with Crippen LogP contribution >= 0.6 is 15.9 Å². The zero-order valence-corrected chi connectivity index (χ0v) is 7.99. The van der Waals surface area contributed by atoms with Crippen LogP contribution in [0.5, 0.6) is 0 Å². The van der Waals surface area contributed by atoms with Gasteiger partial charge in [-0.2, -0.15) is 5.10 Å². The molecule has 1 aromatic heterocycles. The minimum atomic E-state index is 0.124. The lowest BCUT2D eigenvalue weighted by molar-refractivity contribution is 0.564. The third-order valence-corrected chi connectivity index (χ3v) is 1.91. The second kappa shape index (κ2) is 2.38. The Morgan fingerprint density at radius 3 is 2.30 bits per heavy atom. The van der Waals surface area contributed by atoms with Crippen molar-refractivity contribution in [1.29, 1.82) is 0 Å². The van der Waals surface area contributed by atoms with E-state index in [2.05, 4.69) is 46.9 Å². The number of nitrogens with zero attached hydrogens (tertiary/aromatic N) is 1. The standard InChI is InChI=1S/C7H11BrN2/c1-7(2,3)6-5(8)4-9-10-6/h4H,1-3H3,(H,9,10). The molecule has 0 unspecified atom stereocenters. The Hall–Kier alpha value is -0.310. The fourth-order valence-electron chi connectivity index (χ4n) is 0.801. The van der Waals surface area contributed by atoms with Crippen LogP contribution in [0, 0.1) is 0 Å². The number of hydrogen-bond acceptors (Lipinski definition) is 1. The lowest BCUT2D eigenvalue weighted by Crippen LogP contribution is -2.12. The summed E-state index contributed by atoms with van der Waals surface area (Å²) in [5.41, 5.74) is 1.20. The van der Waals surface area contributed by atoms with Gasteiger partial charge in [0.15, 0.2) is 0 Å². The molecule has 0 spiro atoms. The molecule has 10 heavy (non-hydrogen) atoms. The second-order valence-corrected chi connectivity index (χ2v) is 4.19. The van der Waals surface area contributed by atoms with Crippen LogP contribution < -0.4 is 0 Å². The van der Waals surface area contributed by atoms with Gasteiger partial charge in [-0.05, 0) is 15.9 Å². The molecule has 0 radical (unpaired) electrons. The van der Waals surface area contributed by atoms with E-state index in [0.29, 0.717) is 0 Å². The lowest BCUT2D eigenvalue weighted by atomic mass is 9.93. The molecular weight excluding hydrogens is 192 g/mol. The molecular formula is C7H11BrN2. The first-order valence-electron chi connectivity index (χ1n) is 3.21. The number of halogens is 1. The van der Waals surface area contributed by atoms with E-state index >= 15 is 0 Å². The van der Waals surface area contributed by atoms with Crippen molar-refractivity contribution in [1.82, 2.24) is 10.2 Å². The van der Waals surface area contributed by atoms with Crippen LogP contribution in [-0.2, 0) is 5.41 Å². The van der Waals surface area contributed by atoms with Crippen LogP contribution in [0.2, 0.25) is 0 Å². The molecule has 0 aliphatic carbocycles. The van der Waals surface area contributed by atoms with E-state index in [4.69, 9.17) is 0 Å². The Labute approximate surface area is 69.2 Å². The Balaban J connectivity index is 3.05. The third kappa shape index (κ3) is 1.40. The fourth-order valence-corrected chi connectivity index (χ4v) is 1.59. The smallest absolute Gasteiger partial charge is 0.0817 e. The van der Waals surface area contributed by atoms with Crippen molar-refractivity contribution in [3.05, 3.63) is 16.4 Å². The van der Waals surface area contributed by atoms with E-state index in [1.54, 1.807) is 0 Å². The largest absolute Gasteiger partial charge is 0.284 e. The molecule has 0 saturated carbocycles. The maximum atomic E-state index is 4.12. The second-order valence-electron chi connectivity index (χ2n) is 3.33. The zero-order valence-electron chi connectivity index (χ0n) is 6.40. The molecule has 56 valence electrons. The minimum Gasteiger partial charge on any atom is -0.284 e. The number of H-pyrrole nitrogens is 1. The normalized spacial score (nSPS) is 12.0. The average molecular weight is 203 g/mol. The first kappa shape index (κ1) is 7.79. The maximum absolute atomic E-state index is 4.12. The molecule has 2 nitrogen and oxygen atoms in total. The highest BCUT2D eigenvalue weighted by atomic mass is 79.9. The van der Waals surface area contributed by atoms with Gasteiger partial charge in [0.2, 0.25) is 0 Å². The van der Waals surface area contributed by atoms with Crippen LogP contribution in [0.25, 0.3) is 0 Å². The van der Waals surface area contributed by atoms with Crippen molar-refractivity contribution < 1.29 is 0 Å². The number of aromatic nitrogens is 2. The maximum Gasteiger partial charge on any atom is 0.0817 e. The number of rotatable bonds is 0. The molecule has 3 heteroatoms. The molecule has 1 aromatic rings. The Morgan fingerprint density at radius 2 is 2.10 bits per heavy atom. The average Bonchev–Trinajstić information content (AvgIpc) is 2.11. The predicted octanol–water partition coefficient (Wildman–Crippen LogP) is 2.47. The molecule has 0 fully saturated rings. The summed E-state index contributed by atoms with van der Waals surface area (Å²) < 4.78 is 1.06. The molecule has 0 bridgehead atoms. The van der Waals surface area contributed by atoms with Crippen LogP contribution in [0.3, 0.4) is 0 Å². The van der Waals surface area contributed by atoms with E-state index in [9.17, 15) is 0 Å². The quantitative estimate of drug-likeness (QED) is 0.689. The van der Waals surface area contributed by atoms with Gasteiger partial charge in [0.05, 0.1) is 10.2 Å². The van der Waals surface area contributed by atoms with Crippen molar-refractivity contribution in [2.75, 3.05) is 0 Å². The third-order valence-electron chi connectivity index (χ3n) is 1.30. The van der Waals surface area contributed by atoms with Gasteiger partial charge in [-0.25, -0.2) is 0 Å². The Morgan fingerprint density at radius 1 is 1.50 bits per heavy atom. The monoisotopic (exact) mass is 202 g/mol. The number of aromatic amines is 1. The SMILES string of the molecule is CC(C)(C)c1n[nH]cc1Br. The van der Waals surface area contributed by atoms with E-state index in [0.717, 1.165) is 10.2 Å². The van der Waals surface area contributed by atoms with Crippen LogP contribution in [0.1, 0.15) is 26.5 Å². The van der Waals surface area contributed by atoms with Gasteiger partial charge in [-0.15, -0.1) is 0 Å². The number of nitrogens with one attached hydrogen (secondary N) is 1. The van der Waals surface area contributed by atoms with Gasteiger partial charge in [0, 0.05) is 11.6 Å². The van der Waals surface area contributed by atoms with Crippen molar-refractivity contribution >= 4 is 15.9 Å². The lowest BCUT2D eigenvalue weighted by Gasteiger charge is -2.14. The fraction of sp³-hybridized carbons (Fsp3) is 0.571. The van der Waals surface area contributed by atoms with Gasteiger partial charge < -0.3 is 0 Å². The highest BCUT2D eigenvalue weighted by Gasteiger charge is 2.18. The van der Waals surface area contributed by atoms with Crippen molar-refractivity contribution in [2.45, 2.75) is 26.2 Å². The van der Waals surface area contributed by atoms with Crippen molar-refractivity contribution in [3.8, 4) is 0 Å². The van der Waals surface area contributed by atoms with Gasteiger partial charge in [-0.3, -0.25) is 5.10 Å². The molecule has 0 aromatic carbocycles. The van der Waals surface area contributed by atoms with Crippen molar-refractivity contribution in [2.24, 2.45) is 0 Å². The summed E-state index contributed by atoms with van der Waals surface area (Å²) in [5.74, 6) is 0. The summed E-state index contributed by atoms with van der Waals surface area (Å²) in [7, 11) is 0. The zero-order chi connectivity index (χ0) is 7.78. The summed E-state index contributed by atoms with van der Waals surface area (Å²) in [4.78, 5) is 0.